The predicted octanol–water partition coefficient (Wildman–Crippen LogP) is 14.6. The van der Waals surface area contributed by atoms with E-state index in [0.717, 1.165) is 96.3 Å². The second-order valence-electron chi connectivity index (χ2n) is 14.6. The van der Waals surface area contributed by atoms with E-state index in [1.165, 1.54) is 38.5 Å². The Labute approximate surface area is 349 Å². The summed E-state index contributed by atoms with van der Waals surface area (Å²) in [6.07, 6.45) is 58.3. The van der Waals surface area contributed by atoms with E-state index in [1.54, 1.807) is 0 Å². The molecule has 0 saturated heterocycles. The fraction of sp³-hybridized carbons (Fsp3) is 0.627. The average Bonchev–Trinajstić information content (AvgIpc) is 3.21. The van der Waals surface area contributed by atoms with E-state index in [1.807, 2.05) is 0 Å². The third-order valence-corrected chi connectivity index (χ3v) is 9.04. The molecule has 6 nitrogen and oxygen atoms in total. The van der Waals surface area contributed by atoms with Crippen LogP contribution in [0.5, 0.6) is 0 Å². The van der Waals surface area contributed by atoms with Gasteiger partial charge in [-0.15, -0.1) is 0 Å². The fourth-order valence-electron chi connectivity index (χ4n) is 5.60. The van der Waals surface area contributed by atoms with Crippen molar-refractivity contribution in [2.75, 3.05) is 13.2 Å². The van der Waals surface area contributed by atoms with Crippen molar-refractivity contribution in [3.63, 3.8) is 0 Å². The molecular weight excluding hydrogens is 709 g/mol. The number of esters is 3. The summed E-state index contributed by atoms with van der Waals surface area (Å²) in [6, 6.07) is 0. The summed E-state index contributed by atoms with van der Waals surface area (Å²) in [4.78, 5) is 37.7. The van der Waals surface area contributed by atoms with Gasteiger partial charge in [0.05, 0.1) is 0 Å². The molecule has 1 atom stereocenters. The lowest BCUT2D eigenvalue weighted by atomic mass is 10.1. The summed E-state index contributed by atoms with van der Waals surface area (Å²) in [6.45, 7) is 6.32. The molecule has 0 aromatic carbocycles. The van der Waals surface area contributed by atoms with E-state index in [-0.39, 0.29) is 44.0 Å². The van der Waals surface area contributed by atoms with Gasteiger partial charge in [-0.3, -0.25) is 14.4 Å². The molecule has 0 aromatic heterocycles. The van der Waals surface area contributed by atoms with Gasteiger partial charge in [0.1, 0.15) is 13.2 Å². The van der Waals surface area contributed by atoms with Crippen LogP contribution in [0.15, 0.2) is 97.2 Å². The summed E-state index contributed by atoms with van der Waals surface area (Å²) in [5, 5.41) is 0. The molecule has 0 saturated carbocycles. The molecule has 0 aliphatic carbocycles. The first-order valence-electron chi connectivity index (χ1n) is 22.7. The molecule has 0 amide bonds. The number of ether oxygens (including phenoxy) is 3. The number of hydrogen-bond acceptors (Lipinski definition) is 6. The molecule has 6 heteroatoms. The molecule has 1 unspecified atom stereocenters. The fourth-order valence-corrected chi connectivity index (χ4v) is 5.60. The zero-order valence-corrected chi connectivity index (χ0v) is 36.6. The second kappa shape index (κ2) is 45.0. The molecule has 57 heavy (non-hydrogen) atoms. The minimum atomic E-state index is -0.822. The maximum absolute atomic E-state index is 12.7. The van der Waals surface area contributed by atoms with Gasteiger partial charge in [-0.05, 0) is 109 Å². The second-order valence-corrected chi connectivity index (χ2v) is 14.6. The minimum absolute atomic E-state index is 0.118. The molecule has 0 fully saturated rings. The van der Waals surface area contributed by atoms with Gasteiger partial charge in [0.25, 0.3) is 0 Å². The molecule has 0 bridgehead atoms. The van der Waals surface area contributed by atoms with Crippen LogP contribution in [0.1, 0.15) is 188 Å². The van der Waals surface area contributed by atoms with Gasteiger partial charge < -0.3 is 14.2 Å². The Kier molecular flexibility index (Phi) is 42.1. The van der Waals surface area contributed by atoms with E-state index < -0.39 is 6.10 Å². The Morgan fingerprint density at radius 1 is 0.368 bits per heavy atom. The van der Waals surface area contributed by atoms with Crippen LogP contribution in [-0.2, 0) is 28.6 Å². The minimum Gasteiger partial charge on any atom is -0.462 e. The molecule has 0 N–H and O–H groups in total. The molecule has 0 aromatic rings. The topological polar surface area (TPSA) is 78.9 Å². The SMILES string of the molecule is CC/C=C\C/C=C\C/C=C\CCCCC(=O)OC(COC(=O)CCC/C=C\C/C=C\C/C=C\C/C=C\CCCCC)COC(=O)CCCCCC/C=C\CCCC. The highest BCUT2D eigenvalue weighted by atomic mass is 16.6. The van der Waals surface area contributed by atoms with E-state index in [0.29, 0.717) is 19.3 Å². The quantitative estimate of drug-likeness (QED) is 0.0267. The Balaban J connectivity index is 4.54. The first kappa shape index (κ1) is 53.3. The maximum atomic E-state index is 12.7. The molecule has 0 heterocycles. The zero-order chi connectivity index (χ0) is 41.5. The molecule has 0 aliphatic heterocycles. The van der Waals surface area contributed by atoms with E-state index in [2.05, 4.69) is 118 Å². The van der Waals surface area contributed by atoms with Crippen LogP contribution in [0.3, 0.4) is 0 Å². The maximum Gasteiger partial charge on any atom is 0.306 e. The Morgan fingerprint density at radius 3 is 1.23 bits per heavy atom. The molecule has 0 spiro atoms. The summed E-state index contributed by atoms with van der Waals surface area (Å²) < 4.78 is 16.6. The van der Waals surface area contributed by atoms with E-state index >= 15 is 0 Å². The number of carbonyl (C=O) groups is 3. The van der Waals surface area contributed by atoms with Crippen molar-refractivity contribution >= 4 is 17.9 Å². The summed E-state index contributed by atoms with van der Waals surface area (Å²) in [5.74, 6) is -1.04. The highest BCUT2D eigenvalue weighted by Gasteiger charge is 2.19. The normalized spacial score (nSPS) is 13.0. The molecule has 322 valence electrons. The third-order valence-electron chi connectivity index (χ3n) is 9.04. The van der Waals surface area contributed by atoms with Gasteiger partial charge >= 0.3 is 17.9 Å². The van der Waals surface area contributed by atoms with Crippen molar-refractivity contribution in [3.05, 3.63) is 97.2 Å². The van der Waals surface area contributed by atoms with Gasteiger partial charge in [0, 0.05) is 19.3 Å². The monoisotopic (exact) mass is 791 g/mol. The first-order valence-corrected chi connectivity index (χ1v) is 22.7. The summed E-state index contributed by atoms with van der Waals surface area (Å²) >= 11 is 0. The van der Waals surface area contributed by atoms with Gasteiger partial charge in [-0.2, -0.15) is 0 Å². The van der Waals surface area contributed by atoms with Crippen LogP contribution < -0.4 is 0 Å². The lowest BCUT2D eigenvalue weighted by Gasteiger charge is -2.18. The van der Waals surface area contributed by atoms with Crippen LogP contribution in [0.25, 0.3) is 0 Å². The number of hydrogen-bond donors (Lipinski definition) is 0. The Hall–Kier alpha value is -3.67. The number of allylic oxidation sites excluding steroid dienone is 16. The molecule has 0 aliphatic rings. The van der Waals surface area contributed by atoms with Crippen molar-refractivity contribution in [2.24, 2.45) is 0 Å². The van der Waals surface area contributed by atoms with Crippen molar-refractivity contribution in [3.8, 4) is 0 Å². The number of unbranched alkanes of at least 4 members (excludes halogenated alkanes) is 12. The van der Waals surface area contributed by atoms with Gasteiger partial charge in [-0.1, -0.05) is 157 Å². The third kappa shape index (κ3) is 43.3. The summed E-state index contributed by atoms with van der Waals surface area (Å²) in [7, 11) is 0. The standard InChI is InChI=1S/C51H82O6/c1-4-7-10-13-16-19-22-24-25-26-27-28-30-32-35-38-41-44-50(53)56-47-48(46-55-49(52)43-40-37-34-31-21-18-15-12-9-6-3)57-51(54)45-42-39-36-33-29-23-20-17-14-11-8-5-2/h8,11,15-20,24-25,27-29,32-33,35,48H,4-7,9-10,12-14,21-23,26,30-31,34,36-47H2,1-3H3/b11-8-,18-15-,19-16-,20-17-,25-24-,28-27-,33-29-,35-32-. The predicted molar refractivity (Wildman–Crippen MR) is 242 cm³/mol. The van der Waals surface area contributed by atoms with Crippen molar-refractivity contribution in [2.45, 2.75) is 194 Å². The molecule has 0 radical (unpaired) electrons. The smallest absolute Gasteiger partial charge is 0.306 e. The van der Waals surface area contributed by atoms with Crippen LogP contribution in [0.4, 0.5) is 0 Å². The van der Waals surface area contributed by atoms with Crippen LogP contribution >= 0.6 is 0 Å². The van der Waals surface area contributed by atoms with Gasteiger partial charge in [0.2, 0.25) is 0 Å². The Bertz CT molecular complexity index is 1180. The van der Waals surface area contributed by atoms with Crippen molar-refractivity contribution in [1.29, 1.82) is 0 Å². The van der Waals surface area contributed by atoms with Crippen LogP contribution in [0.2, 0.25) is 0 Å². The molecule has 0 rings (SSSR count). The zero-order valence-electron chi connectivity index (χ0n) is 36.6. The largest absolute Gasteiger partial charge is 0.462 e. The number of rotatable bonds is 39. The molecular formula is C51H82O6. The van der Waals surface area contributed by atoms with Crippen LogP contribution in [-0.4, -0.2) is 37.2 Å². The lowest BCUT2D eigenvalue weighted by Crippen LogP contribution is -2.30. The summed E-state index contributed by atoms with van der Waals surface area (Å²) in [5.41, 5.74) is 0. The van der Waals surface area contributed by atoms with E-state index in [9.17, 15) is 14.4 Å². The van der Waals surface area contributed by atoms with Crippen molar-refractivity contribution in [1.82, 2.24) is 0 Å². The van der Waals surface area contributed by atoms with Crippen LogP contribution in [0, 0.1) is 0 Å². The first-order chi connectivity index (χ1) is 28.0. The van der Waals surface area contributed by atoms with Gasteiger partial charge in [-0.25, -0.2) is 0 Å². The number of carbonyl (C=O) groups excluding carboxylic acids is 3. The lowest BCUT2D eigenvalue weighted by molar-refractivity contribution is -0.167. The highest BCUT2D eigenvalue weighted by molar-refractivity contribution is 5.71. The highest BCUT2D eigenvalue weighted by Crippen LogP contribution is 2.10. The van der Waals surface area contributed by atoms with E-state index in [4.69, 9.17) is 14.2 Å². The van der Waals surface area contributed by atoms with Crippen molar-refractivity contribution < 1.29 is 28.6 Å². The van der Waals surface area contributed by atoms with Gasteiger partial charge in [0.15, 0.2) is 6.10 Å². The average molecular weight is 791 g/mol. The Morgan fingerprint density at radius 2 is 0.719 bits per heavy atom.